The van der Waals surface area contributed by atoms with Crippen LogP contribution in [0, 0.1) is 13.8 Å². The van der Waals surface area contributed by atoms with E-state index in [1.54, 1.807) is 0 Å². The van der Waals surface area contributed by atoms with E-state index in [1.807, 2.05) is 38.1 Å². The molecular formula is C20H21N5O4S3. The average molecular weight is 492 g/mol. The summed E-state index contributed by atoms with van der Waals surface area (Å²) in [6.07, 6.45) is 0. The Kier molecular flexibility index (Phi) is 6.72. The number of β-lactam (4-membered cyclic amide) rings is 1. The molecule has 168 valence electrons. The van der Waals surface area contributed by atoms with Crippen LogP contribution in [-0.4, -0.2) is 61.0 Å². The van der Waals surface area contributed by atoms with Gasteiger partial charge in [0.25, 0.3) is 5.91 Å². The zero-order valence-corrected chi connectivity index (χ0v) is 19.8. The van der Waals surface area contributed by atoms with Gasteiger partial charge >= 0.3 is 12.0 Å². The molecule has 1 unspecified atom stereocenters. The predicted molar refractivity (Wildman–Crippen MR) is 123 cm³/mol. The second-order valence-electron chi connectivity index (χ2n) is 7.33. The summed E-state index contributed by atoms with van der Waals surface area (Å²) >= 11 is 4.30. The van der Waals surface area contributed by atoms with Gasteiger partial charge in [-0.25, -0.2) is 9.59 Å². The van der Waals surface area contributed by atoms with Crippen molar-refractivity contribution in [1.29, 1.82) is 0 Å². The lowest BCUT2D eigenvalue weighted by Gasteiger charge is -2.49. The molecule has 0 bridgehead atoms. The number of carbonyl (C=O) groups excluding carboxylic acids is 2. The van der Waals surface area contributed by atoms with E-state index in [9.17, 15) is 19.5 Å². The summed E-state index contributed by atoms with van der Waals surface area (Å²) in [6.45, 7) is 4.18. The second kappa shape index (κ2) is 9.51. The van der Waals surface area contributed by atoms with Gasteiger partial charge in [0.1, 0.15) is 22.1 Å². The molecule has 1 aromatic heterocycles. The number of hydrogen-bond acceptors (Lipinski definition) is 8. The first kappa shape index (κ1) is 22.6. The average Bonchev–Trinajstić information content (AvgIpc) is 3.19. The van der Waals surface area contributed by atoms with Crippen LogP contribution in [0.25, 0.3) is 0 Å². The van der Waals surface area contributed by atoms with Crippen LogP contribution in [0.15, 0.2) is 39.9 Å². The van der Waals surface area contributed by atoms with Crippen LogP contribution in [0.3, 0.4) is 0 Å². The zero-order valence-electron chi connectivity index (χ0n) is 17.3. The van der Waals surface area contributed by atoms with E-state index in [0.717, 1.165) is 20.5 Å². The minimum absolute atomic E-state index is 0.00519. The van der Waals surface area contributed by atoms with Crippen molar-refractivity contribution in [2.24, 2.45) is 0 Å². The Labute approximate surface area is 197 Å². The first-order valence-electron chi connectivity index (χ1n) is 9.76. The molecule has 32 heavy (non-hydrogen) atoms. The minimum atomic E-state index is -1.14. The standard InChI is InChI=1S/C20H21N5O4S3/c1-10-3-5-12(6-4-10)7-21-19(29)22-14-16(26)25-15(18(27)28)13(8-30-17(14)25)9-31-20-24-23-11(2)32-20/h3-6,14,17H,7-9H2,1-2H3,(H,27,28)(H2,21,22,29)/t14?,17-/m0/s1. The number of aliphatic carboxylic acids is 1. The van der Waals surface area contributed by atoms with E-state index in [4.69, 9.17) is 0 Å². The van der Waals surface area contributed by atoms with Gasteiger partial charge in [-0.05, 0) is 25.0 Å². The summed E-state index contributed by atoms with van der Waals surface area (Å²) in [4.78, 5) is 38.2. The molecule has 9 nitrogen and oxygen atoms in total. The molecular weight excluding hydrogens is 470 g/mol. The highest BCUT2D eigenvalue weighted by Crippen LogP contribution is 2.41. The molecule has 2 aliphatic rings. The molecule has 0 spiro atoms. The fraction of sp³-hybridized carbons (Fsp3) is 0.350. The molecule has 1 saturated heterocycles. The maximum Gasteiger partial charge on any atom is 0.352 e. The number of amides is 3. The zero-order chi connectivity index (χ0) is 22.8. The molecule has 2 aromatic rings. The third-order valence-electron chi connectivity index (χ3n) is 4.99. The van der Waals surface area contributed by atoms with E-state index in [0.29, 0.717) is 23.6 Å². The fourth-order valence-electron chi connectivity index (χ4n) is 3.36. The normalized spacial score (nSPS) is 19.9. The summed E-state index contributed by atoms with van der Waals surface area (Å²) in [5.74, 6) is -0.687. The number of aryl methyl sites for hydroxylation is 2. The number of carboxylic acids is 1. The molecule has 4 rings (SSSR count). The molecule has 2 atom stereocenters. The van der Waals surface area contributed by atoms with E-state index in [-0.39, 0.29) is 5.70 Å². The summed E-state index contributed by atoms with van der Waals surface area (Å²) in [6, 6.07) is 6.56. The smallest absolute Gasteiger partial charge is 0.352 e. The highest BCUT2D eigenvalue weighted by atomic mass is 32.2. The van der Waals surface area contributed by atoms with Gasteiger partial charge in [-0.1, -0.05) is 52.9 Å². The van der Waals surface area contributed by atoms with Gasteiger partial charge in [0.15, 0.2) is 4.34 Å². The van der Waals surface area contributed by atoms with Gasteiger partial charge < -0.3 is 15.7 Å². The summed E-state index contributed by atoms with van der Waals surface area (Å²) in [5, 5.41) is 23.6. The molecule has 3 heterocycles. The van der Waals surface area contributed by atoms with Crippen LogP contribution >= 0.6 is 34.9 Å². The molecule has 1 fully saturated rings. The number of nitrogens with one attached hydrogen (secondary N) is 2. The number of rotatable bonds is 7. The first-order chi connectivity index (χ1) is 15.3. The van der Waals surface area contributed by atoms with Crippen molar-refractivity contribution in [3.8, 4) is 0 Å². The van der Waals surface area contributed by atoms with Crippen LogP contribution in [0.2, 0.25) is 0 Å². The lowest BCUT2D eigenvalue weighted by atomic mass is 10.0. The molecule has 0 saturated carbocycles. The Hall–Kier alpha value is -2.57. The number of fused-ring (bicyclic) bond motifs is 1. The third-order valence-corrected chi connectivity index (χ3v) is 8.39. The third kappa shape index (κ3) is 4.76. The largest absolute Gasteiger partial charge is 0.477 e. The van der Waals surface area contributed by atoms with Crippen molar-refractivity contribution in [3.63, 3.8) is 0 Å². The van der Waals surface area contributed by atoms with Crippen molar-refractivity contribution in [2.75, 3.05) is 11.5 Å². The van der Waals surface area contributed by atoms with Gasteiger partial charge in [-0.15, -0.1) is 22.0 Å². The number of carbonyl (C=O) groups is 3. The lowest BCUT2D eigenvalue weighted by molar-refractivity contribution is -0.148. The number of carboxylic acid groups (broad SMARTS) is 1. The maximum absolute atomic E-state index is 12.7. The first-order valence-corrected chi connectivity index (χ1v) is 12.6. The van der Waals surface area contributed by atoms with Crippen molar-refractivity contribution in [3.05, 3.63) is 51.7 Å². The van der Waals surface area contributed by atoms with Crippen LogP contribution < -0.4 is 10.6 Å². The fourth-order valence-corrected chi connectivity index (χ4v) is 6.66. The molecule has 1 aromatic carbocycles. The van der Waals surface area contributed by atoms with Crippen molar-refractivity contribution in [2.45, 2.75) is 36.1 Å². The highest BCUT2D eigenvalue weighted by molar-refractivity contribution is 8.01. The molecule has 3 amide bonds. The van der Waals surface area contributed by atoms with Gasteiger partial charge in [0.05, 0.1) is 0 Å². The molecule has 3 N–H and O–H groups in total. The van der Waals surface area contributed by atoms with E-state index in [1.165, 1.54) is 39.8 Å². The van der Waals surface area contributed by atoms with Gasteiger partial charge in [0, 0.05) is 18.1 Å². The Morgan fingerprint density at radius 2 is 2.00 bits per heavy atom. The Morgan fingerprint density at radius 3 is 2.66 bits per heavy atom. The maximum atomic E-state index is 12.7. The van der Waals surface area contributed by atoms with Crippen LogP contribution in [-0.2, 0) is 16.1 Å². The van der Waals surface area contributed by atoms with Crippen molar-refractivity contribution < 1.29 is 19.5 Å². The summed E-state index contributed by atoms with van der Waals surface area (Å²) in [7, 11) is 0. The Bertz CT molecular complexity index is 1090. The molecule has 12 heteroatoms. The van der Waals surface area contributed by atoms with Crippen LogP contribution in [0.1, 0.15) is 16.1 Å². The van der Waals surface area contributed by atoms with Crippen LogP contribution in [0.5, 0.6) is 0 Å². The number of thioether (sulfide) groups is 2. The van der Waals surface area contributed by atoms with E-state index in [2.05, 4.69) is 20.8 Å². The van der Waals surface area contributed by atoms with Gasteiger partial charge in [0.2, 0.25) is 0 Å². The van der Waals surface area contributed by atoms with Gasteiger partial charge in [-0.2, -0.15) is 0 Å². The summed E-state index contributed by atoms with van der Waals surface area (Å²) < 4.78 is 0.756. The highest BCUT2D eigenvalue weighted by Gasteiger charge is 2.54. The SMILES string of the molecule is Cc1ccc(CNC(=O)NC2C(=O)N3C(C(=O)O)=C(CSc4nnc(C)s4)CS[C@@H]23)cc1. The summed E-state index contributed by atoms with van der Waals surface area (Å²) in [5.41, 5.74) is 2.74. The topological polar surface area (TPSA) is 125 Å². The lowest BCUT2D eigenvalue weighted by Crippen LogP contribution is -2.71. The number of urea groups is 1. The number of hydrogen-bond donors (Lipinski definition) is 3. The number of nitrogens with zero attached hydrogens (tertiary/aromatic N) is 3. The Morgan fingerprint density at radius 1 is 1.25 bits per heavy atom. The van der Waals surface area contributed by atoms with Crippen molar-refractivity contribution >= 4 is 52.8 Å². The van der Waals surface area contributed by atoms with Crippen molar-refractivity contribution in [1.82, 2.24) is 25.7 Å². The number of aromatic nitrogens is 2. The monoisotopic (exact) mass is 491 g/mol. The quantitative estimate of drug-likeness (QED) is 0.398. The Balaban J connectivity index is 1.37. The van der Waals surface area contributed by atoms with E-state index < -0.39 is 29.3 Å². The van der Waals surface area contributed by atoms with E-state index >= 15 is 0 Å². The van der Waals surface area contributed by atoms with Crippen LogP contribution in [0.4, 0.5) is 4.79 Å². The molecule has 0 aliphatic carbocycles. The molecule has 2 aliphatic heterocycles. The van der Waals surface area contributed by atoms with Gasteiger partial charge in [-0.3, -0.25) is 9.69 Å². The second-order valence-corrected chi connectivity index (χ2v) is 10.8. The predicted octanol–water partition coefficient (Wildman–Crippen LogP) is 2.37. The number of benzene rings is 1. The minimum Gasteiger partial charge on any atom is -0.477 e. The molecule has 0 radical (unpaired) electrons.